The number of aliphatic hydroxyl groups excluding tert-OH is 1. The fourth-order valence-corrected chi connectivity index (χ4v) is 0.394. The quantitative estimate of drug-likeness (QED) is 0.440. The van der Waals surface area contributed by atoms with Gasteiger partial charge in [-0.15, -0.1) is 0 Å². The molecule has 1 unspecified atom stereocenters. The van der Waals surface area contributed by atoms with Crippen LogP contribution in [0.5, 0.6) is 0 Å². The highest BCUT2D eigenvalue weighted by atomic mass is 16.3. The topological polar surface area (TPSA) is 58.3 Å². The van der Waals surface area contributed by atoms with Gasteiger partial charge in [-0.3, -0.25) is 0 Å². The molecule has 0 rings (SSSR count). The van der Waals surface area contributed by atoms with Gasteiger partial charge in [-0.2, -0.15) is 0 Å². The highest BCUT2D eigenvalue weighted by molar-refractivity contribution is 4.56. The van der Waals surface area contributed by atoms with Crippen LogP contribution in [0.2, 0.25) is 0 Å². The Balaban J connectivity index is 2.86. The lowest BCUT2D eigenvalue weighted by molar-refractivity contribution is 0.253. The van der Waals surface area contributed by atoms with E-state index in [1.165, 1.54) is 0 Å². The maximum atomic E-state index is 8.46. The van der Waals surface area contributed by atoms with Crippen LogP contribution in [0.15, 0.2) is 0 Å². The maximum Gasteiger partial charge on any atom is 0.0581 e. The summed E-state index contributed by atoms with van der Waals surface area (Å²) in [6.45, 7) is 3.50. The van der Waals surface area contributed by atoms with Crippen LogP contribution in [0, 0.1) is 0 Å². The molecule has 1 atom stereocenters. The van der Waals surface area contributed by atoms with Crippen LogP contribution in [0.4, 0.5) is 0 Å². The van der Waals surface area contributed by atoms with Gasteiger partial charge >= 0.3 is 0 Å². The van der Waals surface area contributed by atoms with Crippen LogP contribution in [-0.4, -0.2) is 30.8 Å². The molecule has 0 radical (unpaired) electrons. The zero-order valence-corrected chi connectivity index (χ0v) is 5.22. The first-order valence-corrected chi connectivity index (χ1v) is 2.85. The predicted molar refractivity (Wildman–Crippen MR) is 33.6 cm³/mol. The molecular weight excluding hydrogens is 104 g/mol. The lowest BCUT2D eigenvalue weighted by atomic mass is 10.4. The summed E-state index contributed by atoms with van der Waals surface area (Å²) in [6.07, 6.45) is 0. The highest BCUT2D eigenvalue weighted by Crippen LogP contribution is 1.73. The second kappa shape index (κ2) is 5.03. The monoisotopic (exact) mass is 118 g/mol. The van der Waals surface area contributed by atoms with Crippen LogP contribution >= 0.6 is 0 Å². The van der Waals surface area contributed by atoms with E-state index in [0.29, 0.717) is 6.54 Å². The molecule has 0 amide bonds. The highest BCUT2D eigenvalue weighted by Gasteiger charge is 1.93. The van der Waals surface area contributed by atoms with E-state index in [0.717, 1.165) is 6.54 Å². The van der Waals surface area contributed by atoms with Crippen LogP contribution in [0.3, 0.4) is 0 Å². The molecule has 0 bridgehead atoms. The molecule has 0 aliphatic rings. The molecule has 0 saturated heterocycles. The Bertz CT molecular complexity index is 49.7. The van der Waals surface area contributed by atoms with Crippen molar-refractivity contribution in [2.24, 2.45) is 5.73 Å². The number of hydrogen-bond acceptors (Lipinski definition) is 3. The van der Waals surface area contributed by atoms with Gasteiger partial charge in [0.05, 0.1) is 6.61 Å². The average molecular weight is 118 g/mol. The fourth-order valence-electron chi connectivity index (χ4n) is 0.394. The molecule has 0 aromatic heterocycles. The third-order valence-corrected chi connectivity index (χ3v) is 0.911. The summed E-state index contributed by atoms with van der Waals surface area (Å²) in [5.41, 5.74) is 5.19. The smallest absolute Gasteiger partial charge is 0.0581 e. The van der Waals surface area contributed by atoms with E-state index in [9.17, 15) is 0 Å². The van der Waals surface area contributed by atoms with Crippen molar-refractivity contribution in [3.05, 3.63) is 0 Å². The largest absolute Gasteiger partial charge is 0.395 e. The first-order valence-electron chi connectivity index (χ1n) is 2.85. The Kier molecular flexibility index (Phi) is 4.95. The van der Waals surface area contributed by atoms with E-state index < -0.39 is 0 Å². The van der Waals surface area contributed by atoms with Crippen LogP contribution < -0.4 is 11.1 Å². The summed E-state index contributed by atoms with van der Waals surface area (Å²) in [5.74, 6) is 0. The van der Waals surface area contributed by atoms with Crippen molar-refractivity contribution in [3.63, 3.8) is 0 Å². The van der Waals surface area contributed by atoms with Crippen molar-refractivity contribution in [2.45, 2.75) is 13.0 Å². The molecule has 0 aromatic rings. The third kappa shape index (κ3) is 4.05. The summed E-state index contributed by atoms with van der Waals surface area (Å²) in [6, 6.07) is 0.179. The minimum atomic E-state index is 0.179. The molecule has 3 nitrogen and oxygen atoms in total. The lowest BCUT2D eigenvalue weighted by Crippen LogP contribution is -2.33. The van der Waals surface area contributed by atoms with E-state index >= 15 is 0 Å². The molecule has 0 fully saturated rings. The molecular formula is C5H14N2O. The number of nitrogens with two attached hydrogens (primary N) is 1. The van der Waals surface area contributed by atoms with E-state index in [4.69, 9.17) is 10.8 Å². The predicted octanol–water partition coefficient (Wildman–Crippen LogP) is -1.08. The first-order chi connectivity index (χ1) is 3.81. The number of aliphatic hydroxyl groups is 1. The fraction of sp³-hybridized carbons (Fsp3) is 1.00. The Morgan fingerprint density at radius 1 is 1.75 bits per heavy atom. The molecule has 0 aliphatic heterocycles. The van der Waals surface area contributed by atoms with Crippen molar-refractivity contribution in [2.75, 3.05) is 19.7 Å². The van der Waals surface area contributed by atoms with Crippen LogP contribution in [-0.2, 0) is 0 Å². The minimum absolute atomic E-state index is 0.179. The molecule has 4 N–H and O–H groups in total. The Morgan fingerprint density at radius 2 is 2.38 bits per heavy atom. The normalized spacial score (nSPS) is 13.9. The molecule has 0 saturated carbocycles. The van der Waals surface area contributed by atoms with E-state index in [2.05, 4.69) is 5.32 Å². The molecule has 3 heteroatoms. The SMILES string of the molecule is CC(CO)NCCN. The molecule has 0 aliphatic carbocycles. The van der Waals surface area contributed by atoms with Gasteiger partial charge in [0.25, 0.3) is 0 Å². The number of hydrogen-bond donors (Lipinski definition) is 3. The Hall–Kier alpha value is -0.120. The Morgan fingerprint density at radius 3 is 2.75 bits per heavy atom. The second-order valence-corrected chi connectivity index (χ2v) is 1.83. The molecule has 0 spiro atoms. The molecule has 8 heavy (non-hydrogen) atoms. The molecule has 50 valence electrons. The number of nitrogens with one attached hydrogen (secondary N) is 1. The van der Waals surface area contributed by atoms with E-state index in [-0.39, 0.29) is 12.6 Å². The van der Waals surface area contributed by atoms with Gasteiger partial charge in [-0.05, 0) is 6.92 Å². The van der Waals surface area contributed by atoms with Crippen molar-refractivity contribution in [1.82, 2.24) is 5.32 Å². The van der Waals surface area contributed by atoms with Gasteiger partial charge in [0.2, 0.25) is 0 Å². The first kappa shape index (κ1) is 7.88. The van der Waals surface area contributed by atoms with E-state index in [1.807, 2.05) is 6.92 Å². The zero-order chi connectivity index (χ0) is 6.41. The summed E-state index contributed by atoms with van der Waals surface area (Å²) >= 11 is 0. The van der Waals surface area contributed by atoms with Gasteiger partial charge in [-0.1, -0.05) is 0 Å². The van der Waals surface area contributed by atoms with Crippen molar-refractivity contribution in [3.8, 4) is 0 Å². The summed E-state index contributed by atoms with van der Waals surface area (Å²) in [5, 5.41) is 11.5. The third-order valence-electron chi connectivity index (χ3n) is 0.911. The standard InChI is InChI=1S/C5H14N2O/c1-5(4-8)7-3-2-6/h5,7-8H,2-4,6H2,1H3. The maximum absolute atomic E-state index is 8.46. The second-order valence-electron chi connectivity index (χ2n) is 1.83. The van der Waals surface area contributed by atoms with Crippen LogP contribution in [0.25, 0.3) is 0 Å². The average Bonchev–Trinajstić information content (AvgIpc) is 1.83. The molecule has 0 heterocycles. The van der Waals surface area contributed by atoms with E-state index in [1.54, 1.807) is 0 Å². The van der Waals surface area contributed by atoms with Gasteiger partial charge in [0.15, 0.2) is 0 Å². The van der Waals surface area contributed by atoms with Gasteiger partial charge < -0.3 is 16.2 Å². The van der Waals surface area contributed by atoms with Crippen LogP contribution in [0.1, 0.15) is 6.92 Å². The van der Waals surface area contributed by atoms with Crippen molar-refractivity contribution in [1.29, 1.82) is 0 Å². The van der Waals surface area contributed by atoms with Gasteiger partial charge in [0.1, 0.15) is 0 Å². The summed E-state index contributed by atoms with van der Waals surface area (Å²) < 4.78 is 0. The lowest BCUT2D eigenvalue weighted by Gasteiger charge is -2.07. The van der Waals surface area contributed by atoms with Gasteiger partial charge in [0, 0.05) is 19.1 Å². The summed E-state index contributed by atoms with van der Waals surface area (Å²) in [7, 11) is 0. The summed E-state index contributed by atoms with van der Waals surface area (Å²) in [4.78, 5) is 0. The van der Waals surface area contributed by atoms with Crippen molar-refractivity contribution < 1.29 is 5.11 Å². The minimum Gasteiger partial charge on any atom is -0.395 e. The Labute approximate surface area is 49.9 Å². The van der Waals surface area contributed by atoms with Crippen molar-refractivity contribution >= 4 is 0 Å². The number of rotatable bonds is 4. The van der Waals surface area contributed by atoms with Gasteiger partial charge in [-0.25, -0.2) is 0 Å². The molecule has 0 aromatic carbocycles. The zero-order valence-electron chi connectivity index (χ0n) is 5.22.